The molecule has 0 unspecified atom stereocenters. The monoisotopic (exact) mass is 393 g/mol. The average Bonchev–Trinajstić information content (AvgIpc) is 2.77. The van der Waals surface area contributed by atoms with Crippen molar-refractivity contribution in [3.63, 3.8) is 0 Å². The van der Waals surface area contributed by atoms with E-state index < -0.39 is 0 Å². The highest BCUT2D eigenvalue weighted by Gasteiger charge is 2.17. The van der Waals surface area contributed by atoms with Crippen LogP contribution in [0.4, 0.5) is 4.39 Å². The fourth-order valence-electron chi connectivity index (χ4n) is 3.13. The Bertz CT molecular complexity index is 942. The lowest BCUT2D eigenvalue weighted by molar-refractivity contribution is 0.0745. The SMILES string of the molecule is COc1ccc(CCN(Cc2ccccc2)C(=O)c2ccc(F)cc2)cc1OC. The predicted molar refractivity (Wildman–Crippen MR) is 111 cm³/mol. The fourth-order valence-corrected chi connectivity index (χ4v) is 3.13. The molecule has 0 atom stereocenters. The first-order valence-corrected chi connectivity index (χ1v) is 9.40. The number of amides is 1. The third-order valence-corrected chi connectivity index (χ3v) is 4.71. The summed E-state index contributed by atoms with van der Waals surface area (Å²) < 4.78 is 23.9. The highest BCUT2D eigenvalue weighted by Crippen LogP contribution is 2.28. The first-order valence-electron chi connectivity index (χ1n) is 9.40. The van der Waals surface area contributed by atoms with Gasteiger partial charge in [0, 0.05) is 18.7 Å². The molecular weight excluding hydrogens is 369 g/mol. The summed E-state index contributed by atoms with van der Waals surface area (Å²) in [5.41, 5.74) is 2.54. The number of hydrogen-bond donors (Lipinski definition) is 0. The molecular formula is C24H24FNO3. The number of carbonyl (C=O) groups is 1. The Morgan fingerprint density at radius 1 is 0.862 bits per heavy atom. The zero-order valence-electron chi connectivity index (χ0n) is 16.6. The molecule has 0 saturated heterocycles. The van der Waals surface area contributed by atoms with Crippen LogP contribution in [0.3, 0.4) is 0 Å². The highest BCUT2D eigenvalue weighted by atomic mass is 19.1. The lowest BCUT2D eigenvalue weighted by Gasteiger charge is -2.23. The third kappa shape index (κ3) is 5.35. The van der Waals surface area contributed by atoms with Crippen LogP contribution in [-0.2, 0) is 13.0 Å². The van der Waals surface area contributed by atoms with Gasteiger partial charge in [0.2, 0.25) is 0 Å². The van der Waals surface area contributed by atoms with Gasteiger partial charge in [0.25, 0.3) is 5.91 Å². The molecule has 29 heavy (non-hydrogen) atoms. The zero-order chi connectivity index (χ0) is 20.6. The molecule has 0 fully saturated rings. The van der Waals surface area contributed by atoms with Crippen molar-refractivity contribution in [2.24, 2.45) is 0 Å². The van der Waals surface area contributed by atoms with E-state index in [1.165, 1.54) is 24.3 Å². The normalized spacial score (nSPS) is 10.4. The topological polar surface area (TPSA) is 38.8 Å². The van der Waals surface area contributed by atoms with Crippen LogP contribution < -0.4 is 9.47 Å². The second-order valence-corrected chi connectivity index (χ2v) is 6.66. The minimum Gasteiger partial charge on any atom is -0.493 e. The molecule has 0 radical (unpaired) electrons. The Morgan fingerprint density at radius 2 is 1.55 bits per heavy atom. The van der Waals surface area contributed by atoms with Gasteiger partial charge in [0.05, 0.1) is 14.2 Å². The van der Waals surface area contributed by atoms with E-state index in [4.69, 9.17) is 9.47 Å². The van der Waals surface area contributed by atoms with Crippen LogP contribution in [0.25, 0.3) is 0 Å². The van der Waals surface area contributed by atoms with Crippen molar-refractivity contribution in [2.45, 2.75) is 13.0 Å². The molecule has 0 saturated carbocycles. The van der Waals surface area contributed by atoms with Gasteiger partial charge in [-0.2, -0.15) is 0 Å². The number of rotatable bonds is 8. The molecule has 0 spiro atoms. The molecule has 4 nitrogen and oxygen atoms in total. The van der Waals surface area contributed by atoms with Gasteiger partial charge in [-0.05, 0) is 53.9 Å². The Balaban J connectivity index is 1.79. The average molecular weight is 393 g/mol. The molecule has 0 aliphatic carbocycles. The van der Waals surface area contributed by atoms with Crippen LogP contribution in [0.5, 0.6) is 11.5 Å². The summed E-state index contributed by atoms with van der Waals surface area (Å²) in [4.78, 5) is 14.8. The second-order valence-electron chi connectivity index (χ2n) is 6.66. The van der Waals surface area contributed by atoms with Gasteiger partial charge in [-0.3, -0.25) is 4.79 Å². The van der Waals surface area contributed by atoms with Crippen molar-refractivity contribution in [1.29, 1.82) is 0 Å². The molecule has 0 N–H and O–H groups in total. The lowest BCUT2D eigenvalue weighted by atomic mass is 10.1. The van der Waals surface area contributed by atoms with Gasteiger partial charge in [0.1, 0.15) is 5.82 Å². The minimum atomic E-state index is -0.360. The third-order valence-electron chi connectivity index (χ3n) is 4.71. The van der Waals surface area contributed by atoms with Gasteiger partial charge in [-0.15, -0.1) is 0 Å². The fraction of sp³-hybridized carbons (Fsp3) is 0.208. The molecule has 150 valence electrons. The van der Waals surface area contributed by atoms with E-state index in [-0.39, 0.29) is 11.7 Å². The maximum atomic E-state index is 13.3. The van der Waals surface area contributed by atoms with Gasteiger partial charge in [-0.1, -0.05) is 36.4 Å². The summed E-state index contributed by atoms with van der Waals surface area (Å²) in [5.74, 6) is 0.833. The summed E-state index contributed by atoms with van der Waals surface area (Å²) in [7, 11) is 3.20. The highest BCUT2D eigenvalue weighted by molar-refractivity contribution is 5.94. The summed E-state index contributed by atoms with van der Waals surface area (Å²) in [6.45, 7) is 0.991. The number of halogens is 1. The van der Waals surface area contributed by atoms with Crippen LogP contribution >= 0.6 is 0 Å². The number of nitrogens with zero attached hydrogens (tertiary/aromatic N) is 1. The Hall–Kier alpha value is -3.34. The van der Waals surface area contributed by atoms with E-state index in [0.717, 1.165) is 11.1 Å². The Labute approximate surface area is 170 Å². The number of methoxy groups -OCH3 is 2. The molecule has 3 aromatic carbocycles. The molecule has 0 aromatic heterocycles. The van der Waals surface area contributed by atoms with E-state index in [1.807, 2.05) is 48.5 Å². The van der Waals surface area contributed by atoms with Gasteiger partial charge < -0.3 is 14.4 Å². The Kier molecular flexibility index (Phi) is 6.85. The van der Waals surface area contributed by atoms with Crippen LogP contribution in [0, 0.1) is 5.82 Å². The van der Waals surface area contributed by atoms with Crippen LogP contribution in [-0.4, -0.2) is 31.6 Å². The first kappa shape index (κ1) is 20.4. The maximum absolute atomic E-state index is 13.3. The smallest absolute Gasteiger partial charge is 0.254 e. The summed E-state index contributed by atoms with van der Waals surface area (Å²) in [6, 6.07) is 21.2. The van der Waals surface area contributed by atoms with Crippen molar-refractivity contribution in [2.75, 3.05) is 20.8 Å². The van der Waals surface area contributed by atoms with Crippen molar-refractivity contribution in [1.82, 2.24) is 4.90 Å². The largest absolute Gasteiger partial charge is 0.493 e. The molecule has 0 heterocycles. The van der Waals surface area contributed by atoms with E-state index in [1.54, 1.807) is 19.1 Å². The minimum absolute atomic E-state index is 0.130. The van der Waals surface area contributed by atoms with Crippen LogP contribution in [0.1, 0.15) is 21.5 Å². The van der Waals surface area contributed by atoms with Crippen molar-refractivity contribution in [3.05, 3.63) is 95.3 Å². The second kappa shape index (κ2) is 9.73. The van der Waals surface area contributed by atoms with Gasteiger partial charge in [-0.25, -0.2) is 4.39 Å². The maximum Gasteiger partial charge on any atom is 0.254 e. The number of carbonyl (C=O) groups excluding carboxylic acids is 1. The molecule has 0 aliphatic rings. The Morgan fingerprint density at radius 3 is 2.21 bits per heavy atom. The van der Waals surface area contributed by atoms with Gasteiger partial charge >= 0.3 is 0 Å². The molecule has 3 rings (SSSR count). The van der Waals surface area contributed by atoms with Gasteiger partial charge in [0.15, 0.2) is 11.5 Å². The zero-order valence-corrected chi connectivity index (χ0v) is 16.6. The molecule has 0 bridgehead atoms. The van der Waals surface area contributed by atoms with E-state index in [9.17, 15) is 9.18 Å². The molecule has 0 aliphatic heterocycles. The van der Waals surface area contributed by atoms with Crippen molar-refractivity contribution < 1.29 is 18.7 Å². The first-order chi connectivity index (χ1) is 14.1. The summed E-state index contributed by atoms with van der Waals surface area (Å²) >= 11 is 0. The number of hydrogen-bond acceptors (Lipinski definition) is 3. The van der Waals surface area contributed by atoms with E-state index in [0.29, 0.717) is 36.6 Å². The summed E-state index contributed by atoms with van der Waals surface area (Å²) in [6.07, 6.45) is 0.653. The lowest BCUT2D eigenvalue weighted by Crippen LogP contribution is -2.32. The van der Waals surface area contributed by atoms with Crippen LogP contribution in [0.2, 0.25) is 0 Å². The number of ether oxygens (including phenoxy) is 2. The van der Waals surface area contributed by atoms with E-state index in [2.05, 4.69) is 0 Å². The molecule has 5 heteroatoms. The molecule has 1 amide bonds. The molecule has 3 aromatic rings. The quantitative estimate of drug-likeness (QED) is 0.555. The summed E-state index contributed by atoms with van der Waals surface area (Å²) in [5, 5.41) is 0. The predicted octanol–water partition coefficient (Wildman–Crippen LogP) is 4.73. The van der Waals surface area contributed by atoms with Crippen LogP contribution in [0.15, 0.2) is 72.8 Å². The van der Waals surface area contributed by atoms with Crippen molar-refractivity contribution >= 4 is 5.91 Å². The van der Waals surface area contributed by atoms with Crippen molar-refractivity contribution in [3.8, 4) is 11.5 Å². The number of benzene rings is 3. The van der Waals surface area contributed by atoms with E-state index >= 15 is 0 Å². The standard InChI is InChI=1S/C24H24FNO3/c1-28-22-13-8-18(16-23(22)29-2)14-15-26(17-19-6-4-3-5-7-19)24(27)20-9-11-21(25)12-10-20/h3-13,16H,14-15,17H2,1-2H3.